The van der Waals surface area contributed by atoms with Crippen molar-refractivity contribution in [1.82, 2.24) is 15.0 Å². The third-order valence-electron chi connectivity index (χ3n) is 3.73. The second kappa shape index (κ2) is 7.71. The molecule has 0 bridgehead atoms. The van der Waals surface area contributed by atoms with Crippen LogP contribution < -0.4 is 0 Å². The molecule has 0 N–H and O–H groups in total. The summed E-state index contributed by atoms with van der Waals surface area (Å²) in [5.74, 6) is 0.242. The summed E-state index contributed by atoms with van der Waals surface area (Å²) in [6, 6.07) is 7.95. The Hall–Kier alpha value is -2.01. The maximum atomic E-state index is 12.1. The summed E-state index contributed by atoms with van der Waals surface area (Å²) >= 11 is 0. The number of benzene rings is 1. The number of nitrogens with zero attached hydrogens (tertiary/aromatic N) is 3. The Morgan fingerprint density at radius 1 is 1.21 bits per heavy atom. The number of carbonyl (C=O) groups is 1. The van der Waals surface area contributed by atoms with Crippen molar-refractivity contribution in [2.75, 3.05) is 6.61 Å². The molecule has 0 amide bonds. The van der Waals surface area contributed by atoms with E-state index in [1.165, 1.54) is 0 Å². The molecule has 1 aromatic carbocycles. The lowest BCUT2D eigenvalue weighted by Crippen LogP contribution is -2.21. The first-order chi connectivity index (χ1) is 11.3. The lowest BCUT2D eigenvalue weighted by Gasteiger charge is -2.16. The fourth-order valence-electron chi connectivity index (χ4n) is 2.15. The van der Waals surface area contributed by atoms with Crippen molar-refractivity contribution in [2.45, 2.75) is 53.7 Å². The number of aromatic nitrogens is 3. The van der Waals surface area contributed by atoms with E-state index >= 15 is 0 Å². The van der Waals surface area contributed by atoms with Crippen LogP contribution in [0.3, 0.4) is 0 Å². The maximum absolute atomic E-state index is 12.1. The summed E-state index contributed by atoms with van der Waals surface area (Å²) < 4.78 is 5.51. The molecule has 0 spiro atoms. The first kappa shape index (κ1) is 18.3. The number of carbonyl (C=O) groups excluding carboxylic acids is 1. The van der Waals surface area contributed by atoms with Crippen LogP contribution in [-0.4, -0.2) is 33.5 Å². The van der Waals surface area contributed by atoms with Crippen molar-refractivity contribution >= 4 is 5.78 Å². The van der Waals surface area contributed by atoms with Gasteiger partial charge in [-0.1, -0.05) is 45.0 Å². The van der Waals surface area contributed by atoms with Gasteiger partial charge in [-0.3, -0.25) is 4.79 Å². The fraction of sp³-hybridized carbons (Fsp3) is 0.526. The van der Waals surface area contributed by atoms with Gasteiger partial charge >= 0.3 is 0 Å². The lowest BCUT2D eigenvalue weighted by atomic mass is 9.87. The molecule has 5 heteroatoms. The molecule has 2 aromatic rings. The molecule has 2 rings (SSSR count). The maximum Gasteiger partial charge on any atom is 0.142 e. The molecule has 1 heterocycles. The SMILES string of the molecule is CC(C)OCCn1ncc(-c2ccc(CC(=O)C(C)(C)C)cc2)n1. The van der Waals surface area contributed by atoms with Gasteiger partial charge in [0.1, 0.15) is 11.5 Å². The summed E-state index contributed by atoms with van der Waals surface area (Å²) in [4.78, 5) is 13.8. The summed E-state index contributed by atoms with van der Waals surface area (Å²) in [6.07, 6.45) is 2.43. The number of Topliss-reactive ketones (excluding diaryl/α,β-unsaturated/α-hetero) is 1. The average Bonchev–Trinajstić information content (AvgIpc) is 2.95. The van der Waals surface area contributed by atoms with E-state index in [1.807, 2.05) is 58.9 Å². The van der Waals surface area contributed by atoms with Crippen LogP contribution in [0.15, 0.2) is 30.5 Å². The second-order valence-corrected chi connectivity index (χ2v) is 7.29. The van der Waals surface area contributed by atoms with E-state index in [0.29, 0.717) is 19.6 Å². The zero-order chi connectivity index (χ0) is 17.7. The molecule has 5 nitrogen and oxygen atoms in total. The van der Waals surface area contributed by atoms with Gasteiger partial charge < -0.3 is 4.74 Å². The molecule has 0 aliphatic rings. The van der Waals surface area contributed by atoms with Crippen LogP contribution in [0.2, 0.25) is 0 Å². The Morgan fingerprint density at radius 2 is 1.88 bits per heavy atom. The minimum absolute atomic E-state index is 0.211. The second-order valence-electron chi connectivity index (χ2n) is 7.29. The van der Waals surface area contributed by atoms with Crippen molar-refractivity contribution in [3.05, 3.63) is 36.0 Å². The third-order valence-corrected chi connectivity index (χ3v) is 3.73. The third kappa shape index (κ3) is 5.27. The zero-order valence-electron chi connectivity index (χ0n) is 15.2. The van der Waals surface area contributed by atoms with Crippen molar-refractivity contribution < 1.29 is 9.53 Å². The molecule has 0 aliphatic carbocycles. The molecule has 0 fully saturated rings. The Balaban J connectivity index is 1.98. The predicted molar refractivity (Wildman–Crippen MR) is 94.7 cm³/mol. The monoisotopic (exact) mass is 329 g/mol. The Morgan fingerprint density at radius 3 is 2.46 bits per heavy atom. The lowest BCUT2D eigenvalue weighted by molar-refractivity contribution is -0.125. The molecule has 130 valence electrons. The number of hydrogen-bond acceptors (Lipinski definition) is 4. The first-order valence-electron chi connectivity index (χ1n) is 8.40. The van der Waals surface area contributed by atoms with Gasteiger partial charge in [-0.15, -0.1) is 0 Å². The summed E-state index contributed by atoms with van der Waals surface area (Å²) in [5, 5.41) is 8.73. The smallest absolute Gasteiger partial charge is 0.142 e. The molecule has 0 radical (unpaired) electrons. The van der Waals surface area contributed by atoms with Crippen LogP contribution in [-0.2, 0) is 22.5 Å². The van der Waals surface area contributed by atoms with Crippen LogP contribution in [0.4, 0.5) is 0 Å². The number of rotatable bonds is 7. The van der Waals surface area contributed by atoms with Crippen LogP contribution in [0.1, 0.15) is 40.2 Å². The highest BCUT2D eigenvalue weighted by Crippen LogP contribution is 2.20. The summed E-state index contributed by atoms with van der Waals surface area (Å²) in [5.41, 5.74) is 2.54. The summed E-state index contributed by atoms with van der Waals surface area (Å²) in [7, 11) is 0. The molecule has 24 heavy (non-hydrogen) atoms. The van der Waals surface area contributed by atoms with E-state index in [9.17, 15) is 4.79 Å². The van der Waals surface area contributed by atoms with Crippen LogP contribution in [0.5, 0.6) is 0 Å². The molecule has 1 aromatic heterocycles. The highest BCUT2D eigenvalue weighted by Gasteiger charge is 2.21. The topological polar surface area (TPSA) is 57.0 Å². The van der Waals surface area contributed by atoms with Gasteiger partial charge in [0.25, 0.3) is 0 Å². The van der Waals surface area contributed by atoms with E-state index in [0.717, 1.165) is 16.8 Å². The van der Waals surface area contributed by atoms with Gasteiger partial charge in [0.2, 0.25) is 0 Å². The van der Waals surface area contributed by atoms with Crippen LogP contribution >= 0.6 is 0 Å². The van der Waals surface area contributed by atoms with Gasteiger partial charge in [0.05, 0.1) is 25.5 Å². The van der Waals surface area contributed by atoms with E-state index in [2.05, 4.69) is 10.2 Å². The van der Waals surface area contributed by atoms with Gasteiger partial charge in [-0.05, 0) is 19.4 Å². The van der Waals surface area contributed by atoms with Crippen molar-refractivity contribution in [2.24, 2.45) is 5.41 Å². The molecule has 0 saturated carbocycles. The highest BCUT2D eigenvalue weighted by molar-refractivity contribution is 5.85. The number of hydrogen-bond donors (Lipinski definition) is 0. The van der Waals surface area contributed by atoms with E-state index in [4.69, 9.17) is 4.74 Å². The van der Waals surface area contributed by atoms with Crippen molar-refractivity contribution in [3.8, 4) is 11.3 Å². The molecule has 0 atom stereocenters. The Labute approximate surface area is 144 Å². The molecule has 0 unspecified atom stereocenters. The molecular weight excluding hydrogens is 302 g/mol. The normalized spacial score (nSPS) is 11.9. The van der Waals surface area contributed by atoms with Gasteiger partial charge in [-0.2, -0.15) is 15.0 Å². The standard InChI is InChI=1S/C19H27N3O2/c1-14(2)24-11-10-22-20-13-17(21-22)16-8-6-15(7-9-16)12-18(23)19(3,4)5/h6-9,13-14H,10-12H2,1-5H3. The summed E-state index contributed by atoms with van der Waals surface area (Å²) in [6.45, 7) is 11.1. The first-order valence-corrected chi connectivity index (χ1v) is 8.40. The number of ether oxygens (including phenoxy) is 1. The van der Waals surface area contributed by atoms with E-state index in [-0.39, 0.29) is 17.3 Å². The van der Waals surface area contributed by atoms with E-state index in [1.54, 1.807) is 11.0 Å². The molecular formula is C19H27N3O2. The highest BCUT2D eigenvalue weighted by atomic mass is 16.5. The average molecular weight is 329 g/mol. The largest absolute Gasteiger partial charge is 0.377 e. The minimum Gasteiger partial charge on any atom is -0.377 e. The van der Waals surface area contributed by atoms with Gasteiger partial charge in [0, 0.05) is 17.4 Å². The molecule has 0 saturated heterocycles. The van der Waals surface area contributed by atoms with Gasteiger partial charge in [0.15, 0.2) is 0 Å². The quantitative estimate of drug-likeness (QED) is 0.780. The Kier molecular flexibility index (Phi) is 5.89. The van der Waals surface area contributed by atoms with Crippen molar-refractivity contribution in [3.63, 3.8) is 0 Å². The number of ketones is 1. The van der Waals surface area contributed by atoms with Crippen LogP contribution in [0, 0.1) is 5.41 Å². The van der Waals surface area contributed by atoms with Crippen LogP contribution in [0.25, 0.3) is 11.3 Å². The predicted octanol–water partition coefficient (Wildman–Crippen LogP) is 3.53. The van der Waals surface area contributed by atoms with Gasteiger partial charge in [-0.25, -0.2) is 0 Å². The zero-order valence-corrected chi connectivity index (χ0v) is 15.2. The van der Waals surface area contributed by atoms with E-state index < -0.39 is 0 Å². The molecule has 0 aliphatic heterocycles. The fourth-order valence-corrected chi connectivity index (χ4v) is 2.15. The van der Waals surface area contributed by atoms with Crippen molar-refractivity contribution in [1.29, 1.82) is 0 Å². The minimum atomic E-state index is -0.306. The Bertz CT molecular complexity index is 667.